The number of aliphatic hydroxyl groups is 1. The molecule has 8 nitrogen and oxygen atoms in total. The van der Waals surface area contributed by atoms with Gasteiger partial charge in [0.15, 0.2) is 0 Å². The third-order valence-corrected chi connectivity index (χ3v) is 4.72. The summed E-state index contributed by atoms with van der Waals surface area (Å²) >= 11 is 14.5. The van der Waals surface area contributed by atoms with E-state index in [-0.39, 0.29) is 24.6 Å². The maximum absolute atomic E-state index is 8.80. The molecule has 0 fully saturated rings. The Morgan fingerprint density at radius 1 is 0.917 bits per heavy atom. The van der Waals surface area contributed by atoms with Crippen LogP contribution in [0.4, 0.5) is 0 Å². The molecule has 0 aliphatic carbocycles. The van der Waals surface area contributed by atoms with Crippen LogP contribution in [0.3, 0.4) is 0 Å². The van der Waals surface area contributed by atoms with Gasteiger partial charge in [0.1, 0.15) is 37.3 Å². The zero-order valence-electron chi connectivity index (χ0n) is 18.6. The highest BCUT2D eigenvalue weighted by Crippen LogP contribution is 2.22. The highest BCUT2D eigenvalue weighted by atomic mass is 79.9. The number of aromatic nitrogens is 4. The van der Waals surface area contributed by atoms with Gasteiger partial charge in [-0.25, -0.2) is 19.9 Å². The van der Waals surface area contributed by atoms with E-state index in [1.807, 2.05) is 6.07 Å². The lowest BCUT2D eigenvalue weighted by molar-refractivity contribution is 0.132. The molecular weight excluding hydrogens is 571 g/mol. The third-order valence-electron chi connectivity index (χ3n) is 3.90. The molecule has 0 unspecified atom stereocenters. The van der Waals surface area contributed by atoms with Gasteiger partial charge in [-0.05, 0) is 47.5 Å². The average Bonchev–Trinajstić information content (AvgIpc) is 3.55. The summed E-state index contributed by atoms with van der Waals surface area (Å²) in [7, 11) is 0. The summed E-state index contributed by atoms with van der Waals surface area (Å²) < 4.78 is 15.7. The van der Waals surface area contributed by atoms with Gasteiger partial charge in [-0.15, -0.1) is 13.2 Å². The van der Waals surface area contributed by atoms with Crippen molar-refractivity contribution >= 4 is 39.1 Å². The first-order chi connectivity index (χ1) is 17.0. The summed E-state index contributed by atoms with van der Waals surface area (Å²) in [6.07, 6.45) is 9.78. The first-order valence-corrected chi connectivity index (χ1v) is 12.0. The maximum Gasteiger partial charge on any atom is 0.222 e. The van der Waals surface area contributed by atoms with Crippen molar-refractivity contribution in [2.45, 2.75) is 20.6 Å². The summed E-state index contributed by atoms with van der Waals surface area (Å²) in [5, 5.41) is 10.1. The third kappa shape index (κ3) is 10.8. The Morgan fingerprint density at radius 2 is 1.42 bits per heavy atom. The molecule has 4 aromatic rings. The fourth-order valence-corrected chi connectivity index (χ4v) is 2.72. The summed E-state index contributed by atoms with van der Waals surface area (Å²) in [5.41, 5.74) is 3.03. The Kier molecular flexibility index (Phi) is 15.2. The molecule has 4 rings (SSSR count). The van der Waals surface area contributed by atoms with Gasteiger partial charge in [0.2, 0.25) is 10.6 Å². The molecule has 0 amide bonds. The van der Waals surface area contributed by atoms with Crippen LogP contribution in [0.25, 0.3) is 22.5 Å². The van der Waals surface area contributed by atoms with Crippen LogP contribution in [-0.4, -0.2) is 37.0 Å². The smallest absolute Gasteiger partial charge is 0.222 e. The normalized spacial score (nSPS) is 9.67. The van der Waals surface area contributed by atoms with E-state index in [2.05, 4.69) is 49.0 Å². The Labute approximate surface area is 228 Å². The molecule has 1 N–H and O–H groups in total. The summed E-state index contributed by atoms with van der Waals surface area (Å²) in [6, 6.07) is 7.06. The molecule has 4 heterocycles. The average molecular weight is 598 g/mol. The zero-order chi connectivity index (χ0) is 25.5. The summed E-state index contributed by atoms with van der Waals surface area (Å²) in [6.45, 7) is 7.78. The monoisotopic (exact) mass is 596 g/mol. The summed E-state index contributed by atoms with van der Waals surface area (Å²) in [4.78, 5) is 15.7. The van der Waals surface area contributed by atoms with E-state index < -0.39 is 0 Å². The zero-order valence-corrected chi connectivity index (χ0v) is 21.7. The lowest BCUT2D eigenvalue weighted by Crippen LogP contribution is -1.90. The van der Waals surface area contributed by atoms with Crippen LogP contribution in [0.2, 0.25) is 10.6 Å². The highest BCUT2D eigenvalue weighted by Gasteiger charge is 2.07. The van der Waals surface area contributed by atoms with Gasteiger partial charge in [0.05, 0.1) is 18.0 Å². The number of allylic oxidation sites excluding steroid dienone is 1. The van der Waals surface area contributed by atoms with Gasteiger partial charge in [0.25, 0.3) is 0 Å². The van der Waals surface area contributed by atoms with E-state index in [1.54, 1.807) is 49.0 Å². The molecule has 0 atom stereocenters. The maximum atomic E-state index is 8.80. The predicted octanol–water partition coefficient (Wildman–Crippen LogP) is 7.18. The van der Waals surface area contributed by atoms with Crippen LogP contribution in [0.5, 0.6) is 0 Å². The van der Waals surface area contributed by atoms with Crippen LogP contribution < -0.4 is 0 Å². The minimum atomic E-state index is -0.126. The predicted molar refractivity (Wildman–Crippen MR) is 146 cm³/mol. The van der Waals surface area contributed by atoms with Crippen molar-refractivity contribution in [3.05, 3.63) is 96.6 Å². The molecule has 0 spiro atoms. The number of alkyl halides is 1. The number of furan rings is 2. The first kappa shape index (κ1) is 31.2. The van der Waals surface area contributed by atoms with Crippen molar-refractivity contribution in [1.82, 2.24) is 19.9 Å². The van der Waals surface area contributed by atoms with Crippen molar-refractivity contribution in [2.24, 2.45) is 0 Å². The molecule has 0 saturated carbocycles. The highest BCUT2D eigenvalue weighted by molar-refractivity contribution is 9.09. The lowest BCUT2D eigenvalue weighted by Gasteiger charge is -1.96. The van der Waals surface area contributed by atoms with E-state index in [1.165, 1.54) is 6.26 Å². The van der Waals surface area contributed by atoms with Gasteiger partial charge in [0, 0.05) is 28.9 Å². The minimum absolute atomic E-state index is 0. The molecule has 0 radical (unpaired) electrons. The fourth-order valence-electron chi connectivity index (χ4n) is 2.42. The molecule has 36 heavy (non-hydrogen) atoms. The molecule has 0 bridgehead atoms. The summed E-state index contributed by atoms with van der Waals surface area (Å²) in [5.74, 6) is 1.23. The Morgan fingerprint density at radius 3 is 1.83 bits per heavy atom. The van der Waals surface area contributed by atoms with E-state index in [4.69, 9.17) is 41.9 Å². The van der Waals surface area contributed by atoms with Gasteiger partial charge < -0.3 is 18.7 Å². The van der Waals surface area contributed by atoms with Crippen molar-refractivity contribution < 1.29 is 18.7 Å². The molecule has 0 aliphatic heterocycles. The lowest BCUT2D eigenvalue weighted by atomic mass is 10.2. The second-order valence-electron chi connectivity index (χ2n) is 6.43. The van der Waals surface area contributed by atoms with Gasteiger partial charge in [-0.2, -0.15) is 0 Å². The molecule has 0 saturated heterocycles. The largest absolute Gasteiger partial charge is 0.466 e. The number of ether oxygens (including phenoxy) is 1. The number of hydrogen-bond donors (Lipinski definition) is 1. The fraction of sp³-hybridized carbons (Fsp3) is 0.200. The van der Waals surface area contributed by atoms with Crippen LogP contribution >= 0.6 is 39.1 Å². The Balaban J connectivity index is 0.000000310. The van der Waals surface area contributed by atoms with E-state index in [0.717, 1.165) is 27.9 Å². The number of halogens is 3. The van der Waals surface area contributed by atoms with Crippen molar-refractivity contribution in [3.63, 3.8) is 0 Å². The van der Waals surface area contributed by atoms with Gasteiger partial charge >= 0.3 is 0 Å². The van der Waals surface area contributed by atoms with Gasteiger partial charge in [-0.3, -0.25) is 0 Å². The second kappa shape index (κ2) is 17.6. The van der Waals surface area contributed by atoms with Crippen molar-refractivity contribution in [3.8, 4) is 22.5 Å². The minimum Gasteiger partial charge on any atom is -0.466 e. The van der Waals surface area contributed by atoms with Crippen LogP contribution in [0.15, 0.2) is 83.3 Å². The molecular formula is C25H27BrCl2N4O4. The number of rotatable bonds is 8. The Bertz CT molecular complexity index is 1200. The molecule has 0 aliphatic rings. The number of nitrogens with zero attached hydrogens (tertiary/aromatic N) is 4. The standard InChI is InChI=1S/C12H11ClN2O2.C9H7ClN2O2.C3H5Br.CH4/c1-2-5-16-8-10-6-9(7-17-10)11-3-4-14-12(13)15-11;10-9-11-2-1-8(12-9)6-3-7(4-13)14-5-6;1-2-3-4;/h2-4,6-7H,1,5,8H2;1-3,5,13H,4H2;2H,1,3H2;1H4. The molecule has 192 valence electrons. The van der Waals surface area contributed by atoms with Crippen molar-refractivity contribution in [2.75, 3.05) is 11.9 Å². The first-order valence-electron chi connectivity index (χ1n) is 10.1. The van der Waals surface area contributed by atoms with Crippen LogP contribution in [0, 0.1) is 0 Å². The SMILES string of the molecule is C.C=CCBr.C=CCOCc1cc(-c2ccnc(Cl)n2)co1.OCc1cc(-c2ccnc(Cl)n2)co1. The number of aliphatic hydroxyl groups excluding tert-OH is 1. The Hall–Kier alpha value is -2.82. The molecule has 4 aromatic heterocycles. The second-order valence-corrected chi connectivity index (χ2v) is 7.75. The van der Waals surface area contributed by atoms with E-state index >= 15 is 0 Å². The van der Waals surface area contributed by atoms with E-state index in [9.17, 15) is 0 Å². The molecule has 11 heteroatoms. The molecule has 0 aromatic carbocycles. The van der Waals surface area contributed by atoms with Gasteiger partial charge in [-0.1, -0.05) is 35.5 Å². The van der Waals surface area contributed by atoms with E-state index in [0.29, 0.717) is 24.7 Å². The quantitative estimate of drug-likeness (QED) is 0.0984. The topological polar surface area (TPSA) is 107 Å². The van der Waals surface area contributed by atoms with Crippen LogP contribution in [0.1, 0.15) is 18.9 Å². The van der Waals surface area contributed by atoms with Crippen LogP contribution in [-0.2, 0) is 18.0 Å². The van der Waals surface area contributed by atoms with Crippen molar-refractivity contribution in [1.29, 1.82) is 0 Å². The number of hydrogen-bond acceptors (Lipinski definition) is 8.